The molecule has 0 amide bonds. The summed E-state index contributed by atoms with van der Waals surface area (Å²) in [6, 6.07) is 0. The summed E-state index contributed by atoms with van der Waals surface area (Å²) in [4.78, 5) is 7.96. The fourth-order valence-corrected chi connectivity index (χ4v) is 0.986. The van der Waals surface area contributed by atoms with Gasteiger partial charge in [0.1, 0.15) is 12.8 Å². The molecule has 0 aromatic rings. The molecule has 2 rings (SSSR count). The van der Waals surface area contributed by atoms with Crippen molar-refractivity contribution in [2.75, 3.05) is 13.3 Å². The van der Waals surface area contributed by atoms with Crippen LogP contribution in [0.25, 0.3) is 0 Å². The van der Waals surface area contributed by atoms with Crippen molar-refractivity contribution in [1.29, 1.82) is 0 Å². The maximum absolute atomic E-state index is 5.20. The van der Waals surface area contributed by atoms with Crippen molar-refractivity contribution in [2.45, 2.75) is 12.3 Å². The Hall–Kier alpha value is -0.740. The zero-order valence-electron chi connectivity index (χ0n) is 5.43. The minimum absolute atomic E-state index is 0.0567. The molecule has 2 unspecified atom stereocenters. The molecule has 2 aliphatic heterocycles. The van der Waals surface area contributed by atoms with E-state index in [0.29, 0.717) is 13.3 Å². The van der Waals surface area contributed by atoms with Gasteiger partial charge in [0, 0.05) is 12.4 Å². The zero-order chi connectivity index (χ0) is 6.81. The summed E-state index contributed by atoms with van der Waals surface area (Å²) in [7, 11) is 0. The van der Waals surface area contributed by atoms with Crippen molar-refractivity contribution in [3.05, 3.63) is 0 Å². The van der Waals surface area contributed by atoms with Gasteiger partial charge in [-0.1, -0.05) is 0 Å². The van der Waals surface area contributed by atoms with Crippen LogP contribution in [0.5, 0.6) is 0 Å². The minimum Gasteiger partial charge on any atom is -0.348 e. The molecule has 0 aromatic carbocycles. The molecular weight excluding hydrogens is 132 g/mol. The lowest BCUT2D eigenvalue weighted by Gasteiger charge is -2.11. The summed E-state index contributed by atoms with van der Waals surface area (Å²) in [5.41, 5.74) is 0. The number of ether oxygens (including phenoxy) is 2. The Bertz CT molecular complexity index is 159. The van der Waals surface area contributed by atoms with E-state index in [1.165, 1.54) is 0 Å². The Morgan fingerprint density at radius 2 is 2.40 bits per heavy atom. The Labute approximate surface area is 58.6 Å². The predicted octanol–water partition coefficient (Wildman–Crippen LogP) is -0.159. The quantitative estimate of drug-likeness (QED) is 0.508. The van der Waals surface area contributed by atoms with Crippen molar-refractivity contribution in [2.24, 2.45) is 9.98 Å². The molecule has 4 nitrogen and oxygen atoms in total. The van der Waals surface area contributed by atoms with Crippen LogP contribution in [0.1, 0.15) is 0 Å². The summed E-state index contributed by atoms with van der Waals surface area (Å²) in [5.74, 6) is 0. The number of nitrogens with zero attached hydrogens (tertiary/aromatic N) is 2. The largest absolute Gasteiger partial charge is 0.348 e. The summed E-state index contributed by atoms with van der Waals surface area (Å²) in [5, 5.41) is 0. The number of rotatable bonds is 1. The third-order valence-electron chi connectivity index (χ3n) is 1.47. The van der Waals surface area contributed by atoms with Gasteiger partial charge in [-0.05, 0) is 0 Å². The topological polar surface area (TPSA) is 43.2 Å². The van der Waals surface area contributed by atoms with Crippen molar-refractivity contribution < 1.29 is 9.47 Å². The molecule has 0 aliphatic carbocycles. The molecule has 10 heavy (non-hydrogen) atoms. The second-order valence-electron chi connectivity index (χ2n) is 2.15. The molecular formula is C6H8N2O2. The number of aliphatic imine (C=N–C) groups is 2. The van der Waals surface area contributed by atoms with Crippen LogP contribution < -0.4 is 0 Å². The Morgan fingerprint density at radius 3 is 3.00 bits per heavy atom. The molecule has 4 heteroatoms. The SMILES string of the molecule is C1=NCOC1C1N=CCO1. The second kappa shape index (κ2) is 2.48. The lowest BCUT2D eigenvalue weighted by molar-refractivity contribution is -0.000693. The van der Waals surface area contributed by atoms with Gasteiger partial charge in [0.15, 0.2) is 6.23 Å². The third kappa shape index (κ3) is 0.955. The van der Waals surface area contributed by atoms with Gasteiger partial charge in [0.25, 0.3) is 0 Å². The van der Waals surface area contributed by atoms with Crippen LogP contribution in [0, 0.1) is 0 Å². The Balaban J connectivity index is 1.98. The molecule has 0 radical (unpaired) electrons. The van der Waals surface area contributed by atoms with Gasteiger partial charge in [0.2, 0.25) is 0 Å². The minimum atomic E-state index is -0.147. The van der Waals surface area contributed by atoms with Crippen molar-refractivity contribution >= 4 is 12.4 Å². The highest BCUT2D eigenvalue weighted by molar-refractivity contribution is 5.67. The van der Waals surface area contributed by atoms with Crippen molar-refractivity contribution in [1.82, 2.24) is 0 Å². The Kier molecular flexibility index (Phi) is 1.49. The molecule has 0 aromatic heterocycles. The fourth-order valence-electron chi connectivity index (χ4n) is 0.986. The maximum atomic E-state index is 5.20. The van der Waals surface area contributed by atoms with Gasteiger partial charge in [-0.15, -0.1) is 0 Å². The third-order valence-corrected chi connectivity index (χ3v) is 1.47. The van der Waals surface area contributed by atoms with E-state index in [2.05, 4.69) is 9.98 Å². The van der Waals surface area contributed by atoms with Gasteiger partial charge >= 0.3 is 0 Å². The number of hydrogen-bond acceptors (Lipinski definition) is 4. The van der Waals surface area contributed by atoms with Crippen LogP contribution in [0.15, 0.2) is 9.98 Å². The van der Waals surface area contributed by atoms with Gasteiger partial charge in [-0.3, -0.25) is 9.98 Å². The molecule has 2 heterocycles. The van der Waals surface area contributed by atoms with Crippen LogP contribution in [0.4, 0.5) is 0 Å². The molecule has 2 atom stereocenters. The van der Waals surface area contributed by atoms with Crippen LogP contribution >= 0.6 is 0 Å². The van der Waals surface area contributed by atoms with Crippen molar-refractivity contribution in [3.8, 4) is 0 Å². The van der Waals surface area contributed by atoms with E-state index >= 15 is 0 Å². The fraction of sp³-hybridized carbons (Fsp3) is 0.667. The van der Waals surface area contributed by atoms with E-state index in [4.69, 9.17) is 9.47 Å². The van der Waals surface area contributed by atoms with E-state index in [9.17, 15) is 0 Å². The Morgan fingerprint density at radius 1 is 1.40 bits per heavy atom. The molecule has 2 aliphatic rings. The van der Waals surface area contributed by atoms with Gasteiger partial charge < -0.3 is 9.47 Å². The number of hydrogen-bond donors (Lipinski definition) is 0. The lowest BCUT2D eigenvalue weighted by atomic mass is 10.3. The van der Waals surface area contributed by atoms with Gasteiger partial charge in [-0.2, -0.15) is 0 Å². The molecule has 0 saturated heterocycles. The smallest absolute Gasteiger partial charge is 0.179 e. The van der Waals surface area contributed by atoms with Crippen LogP contribution in [-0.2, 0) is 9.47 Å². The highest BCUT2D eigenvalue weighted by atomic mass is 16.6. The molecule has 54 valence electrons. The van der Waals surface area contributed by atoms with Gasteiger partial charge in [-0.25, -0.2) is 0 Å². The van der Waals surface area contributed by atoms with E-state index in [0.717, 1.165) is 0 Å². The molecule has 0 saturated carbocycles. The zero-order valence-corrected chi connectivity index (χ0v) is 5.43. The predicted molar refractivity (Wildman–Crippen MR) is 36.5 cm³/mol. The first-order valence-corrected chi connectivity index (χ1v) is 3.21. The average molecular weight is 140 g/mol. The molecule has 0 N–H and O–H groups in total. The maximum Gasteiger partial charge on any atom is 0.179 e. The molecule has 0 fully saturated rings. The monoisotopic (exact) mass is 140 g/mol. The second-order valence-corrected chi connectivity index (χ2v) is 2.15. The summed E-state index contributed by atoms with van der Waals surface area (Å²) in [6.07, 6.45) is 3.29. The summed E-state index contributed by atoms with van der Waals surface area (Å²) < 4.78 is 10.4. The first kappa shape index (κ1) is 6.00. The highest BCUT2D eigenvalue weighted by Crippen LogP contribution is 2.10. The van der Waals surface area contributed by atoms with E-state index in [-0.39, 0.29) is 12.3 Å². The average Bonchev–Trinajstić information content (AvgIpc) is 2.59. The first-order chi connectivity index (χ1) is 4.97. The normalized spacial score (nSPS) is 37.6. The van der Waals surface area contributed by atoms with E-state index in [1.54, 1.807) is 12.4 Å². The molecule has 0 bridgehead atoms. The summed E-state index contributed by atoms with van der Waals surface area (Å²) >= 11 is 0. The standard InChI is InChI=1S/C6H8N2O2/c1-2-9-6(8-1)5-3-7-4-10-5/h1,3,5-6H,2,4H2. The van der Waals surface area contributed by atoms with Crippen LogP contribution in [0.3, 0.4) is 0 Å². The highest BCUT2D eigenvalue weighted by Gasteiger charge is 2.24. The van der Waals surface area contributed by atoms with Crippen molar-refractivity contribution in [3.63, 3.8) is 0 Å². The van der Waals surface area contributed by atoms with Crippen LogP contribution in [-0.4, -0.2) is 38.1 Å². The lowest BCUT2D eigenvalue weighted by Crippen LogP contribution is -2.25. The van der Waals surface area contributed by atoms with Crippen LogP contribution in [0.2, 0.25) is 0 Å². The van der Waals surface area contributed by atoms with E-state index in [1.807, 2.05) is 0 Å². The molecule has 0 spiro atoms. The first-order valence-electron chi connectivity index (χ1n) is 3.21. The summed E-state index contributed by atoms with van der Waals surface area (Å²) in [6.45, 7) is 1.04. The van der Waals surface area contributed by atoms with E-state index < -0.39 is 0 Å². The van der Waals surface area contributed by atoms with Gasteiger partial charge in [0.05, 0.1) is 6.61 Å².